The molecule has 0 radical (unpaired) electrons. The minimum Gasteiger partial charge on any atom is -0.465 e. The Morgan fingerprint density at radius 1 is 1.38 bits per heavy atom. The van der Waals surface area contributed by atoms with Gasteiger partial charge in [0, 0.05) is 51.4 Å². The van der Waals surface area contributed by atoms with Crippen molar-refractivity contribution in [1.82, 2.24) is 15.1 Å². The van der Waals surface area contributed by atoms with Gasteiger partial charge in [-0.25, -0.2) is 4.79 Å². The standard InChI is InChI=1S/C10H19N3O3/c14-4-1-8-7-12(10(15)16)2-3-13(8)9-5-11-6-9/h8-9,11,14H,1-7H2,(H,15,16). The molecule has 2 aliphatic heterocycles. The number of nitrogens with zero attached hydrogens (tertiary/aromatic N) is 2. The molecule has 6 heteroatoms. The Bertz CT molecular complexity index is 258. The number of amides is 1. The smallest absolute Gasteiger partial charge is 0.407 e. The third-order valence-corrected chi connectivity index (χ3v) is 3.49. The van der Waals surface area contributed by atoms with E-state index in [0.29, 0.717) is 25.6 Å². The van der Waals surface area contributed by atoms with E-state index in [2.05, 4.69) is 10.2 Å². The highest BCUT2D eigenvalue weighted by molar-refractivity contribution is 5.65. The Balaban J connectivity index is 1.95. The van der Waals surface area contributed by atoms with E-state index >= 15 is 0 Å². The summed E-state index contributed by atoms with van der Waals surface area (Å²) < 4.78 is 0. The van der Waals surface area contributed by atoms with Crippen molar-refractivity contribution in [1.29, 1.82) is 0 Å². The maximum atomic E-state index is 10.9. The van der Waals surface area contributed by atoms with Gasteiger partial charge in [-0.15, -0.1) is 0 Å². The first-order chi connectivity index (χ1) is 7.72. The van der Waals surface area contributed by atoms with Gasteiger partial charge in [-0.2, -0.15) is 0 Å². The van der Waals surface area contributed by atoms with Crippen LogP contribution >= 0.6 is 0 Å². The van der Waals surface area contributed by atoms with Crippen molar-refractivity contribution in [3.8, 4) is 0 Å². The highest BCUT2D eigenvalue weighted by atomic mass is 16.4. The number of piperazine rings is 1. The van der Waals surface area contributed by atoms with Gasteiger partial charge in [0.15, 0.2) is 0 Å². The molecule has 2 saturated heterocycles. The Kier molecular flexibility index (Phi) is 3.63. The van der Waals surface area contributed by atoms with E-state index in [1.165, 1.54) is 4.90 Å². The molecule has 0 aliphatic carbocycles. The van der Waals surface area contributed by atoms with Crippen LogP contribution in [0.2, 0.25) is 0 Å². The second kappa shape index (κ2) is 4.99. The van der Waals surface area contributed by atoms with E-state index in [1.54, 1.807) is 0 Å². The third-order valence-electron chi connectivity index (χ3n) is 3.49. The molecule has 0 spiro atoms. The average Bonchev–Trinajstić information content (AvgIpc) is 2.18. The monoisotopic (exact) mass is 229 g/mol. The first kappa shape index (κ1) is 11.6. The van der Waals surface area contributed by atoms with E-state index in [4.69, 9.17) is 10.2 Å². The van der Waals surface area contributed by atoms with Crippen LogP contribution in [0.15, 0.2) is 0 Å². The molecule has 0 aromatic rings. The van der Waals surface area contributed by atoms with Crippen LogP contribution in [0.4, 0.5) is 4.79 Å². The van der Waals surface area contributed by atoms with Crippen molar-refractivity contribution in [2.75, 3.05) is 39.3 Å². The van der Waals surface area contributed by atoms with E-state index in [-0.39, 0.29) is 12.6 Å². The number of rotatable bonds is 3. The maximum Gasteiger partial charge on any atom is 0.407 e. The number of aliphatic hydroxyl groups is 1. The van der Waals surface area contributed by atoms with Gasteiger partial charge in [0.1, 0.15) is 0 Å². The molecule has 1 unspecified atom stereocenters. The fourth-order valence-electron chi connectivity index (χ4n) is 2.44. The zero-order valence-electron chi connectivity index (χ0n) is 9.30. The molecular formula is C10H19N3O3. The molecule has 3 N–H and O–H groups in total. The minimum absolute atomic E-state index is 0.120. The number of carbonyl (C=O) groups is 1. The highest BCUT2D eigenvalue weighted by Crippen LogP contribution is 2.18. The zero-order chi connectivity index (χ0) is 11.5. The molecule has 0 bridgehead atoms. The molecule has 2 heterocycles. The van der Waals surface area contributed by atoms with Gasteiger partial charge in [-0.1, -0.05) is 0 Å². The fraction of sp³-hybridized carbons (Fsp3) is 0.900. The Morgan fingerprint density at radius 3 is 2.62 bits per heavy atom. The van der Waals surface area contributed by atoms with Crippen LogP contribution in [0.25, 0.3) is 0 Å². The van der Waals surface area contributed by atoms with Crippen molar-refractivity contribution in [3.63, 3.8) is 0 Å². The number of aliphatic hydroxyl groups excluding tert-OH is 1. The maximum absolute atomic E-state index is 10.9. The van der Waals surface area contributed by atoms with Gasteiger partial charge in [-0.05, 0) is 6.42 Å². The van der Waals surface area contributed by atoms with Crippen LogP contribution in [0.5, 0.6) is 0 Å². The van der Waals surface area contributed by atoms with Gasteiger partial charge in [-0.3, -0.25) is 4.90 Å². The molecular weight excluding hydrogens is 210 g/mol. The largest absolute Gasteiger partial charge is 0.465 e. The van der Waals surface area contributed by atoms with E-state index < -0.39 is 6.09 Å². The summed E-state index contributed by atoms with van der Waals surface area (Å²) in [6, 6.07) is 0.689. The summed E-state index contributed by atoms with van der Waals surface area (Å²) in [6.07, 6.45) is -0.199. The molecule has 0 saturated carbocycles. The fourth-order valence-corrected chi connectivity index (χ4v) is 2.44. The number of carboxylic acid groups (broad SMARTS) is 1. The van der Waals surface area contributed by atoms with Crippen LogP contribution < -0.4 is 5.32 Å². The van der Waals surface area contributed by atoms with E-state index in [1.807, 2.05) is 0 Å². The predicted molar refractivity (Wildman–Crippen MR) is 58.5 cm³/mol. The lowest BCUT2D eigenvalue weighted by atomic mass is 10.0. The summed E-state index contributed by atoms with van der Waals surface area (Å²) in [4.78, 5) is 14.7. The predicted octanol–water partition coefficient (Wildman–Crippen LogP) is -0.995. The SMILES string of the molecule is O=C(O)N1CCN(C2CNC2)C(CCO)C1. The van der Waals surface area contributed by atoms with Crippen molar-refractivity contribution >= 4 is 6.09 Å². The second-order valence-corrected chi connectivity index (χ2v) is 4.44. The highest BCUT2D eigenvalue weighted by Gasteiger charge is 2.35. The van der Waals surface area contributed by atoms with Crippen LogP contribution in [-0.4, -0.2) is 77.5 Å². The van der Waals surface area contributed by atoms with Gasteiger partial charge in [0.25, 0.3) is 0 Å². The molecule has 1 atom stereocenters. The van der Waals surface area contributed by atoms with Gasteiger partial charge < -0.3 is 20.4 Å². The number of hydrogen-bond donors (Lipinski definition) is 3. The summed E-state index contributed by atoms with van der Waals surface area (Å²) in [7, 11) is 0. The summed E-state index contributed by atoms with van der Waals surface area (Å²) in [5.74, 6) is 0. The van der Waals surface area contributed by atoms with Crippen molar-refractivity contribution < 1.29 is 15.0 Å². The Hall–Kier alpha value is -0.850. The summed E-state index contributed by atoms with van der Waals surface area (Å²) >= 11 is 0. The second-order valence-electron chi connectivity index (χ2n) is 4.44. The van der Waals surface area contributed by atoms with Crippen LogP contribution in [-0.2, 0) is 0 Å². The molecule has 2 fully saturated rings. The normalized spacial score (nSPS) is 27.8. The quantitative estimate of drug-likeness (QED) is 0.579. The number of nitrogens with one attached hydrogen (secondary N) is 1. The Morgan fingerprint density at radius 2 is 2.12 bits per heavy atom. The molecule has 1 amide bonds. The number of hydrogen-bond acceptors (Lipinski definition) is 4. The third kappa shape index (κ3) is 2.28. The van der Waals surface area contributed by atoms with Crippen LogP contribution in [0, 0.1) is 0 Å². The molecule has 0 aromatic carbocycles. The van der Waals surface area contributed by atoms with Crippen molar-refractivity contribution in [3.05, 3.63) is 0 Å². The summed E-state index contributed by atoms with van der Waals surface area (Å²) in [5, 5.41) is 21.2. The molecule has 6 nitrogen and oxygen atoms in total. The first-order valence-corrected chi connectivity index (χ1v) is 5.77. The lowest BCUT2D eigenvalue weighted by Gasteiger charge is -2.47. The lowest BCUT2D eigenvalue weighted by molar-refractivity contribution is 0.0152. The van der Waals surface area contributed by atoms with Gasteiger partial charge >= 0.3 is 6.09 Å². The van der Waals surface area contributed by atoms with Crippen LogP contribution in [0.1, 0.15) is 6.42 Å². The van der Waals surface area contributed by atoms with Crippen LogP contribution in [0.3, 0.4) is 0 Å². The molecule has 92 valence electrons. The van der Waals surface area contributed by atoms with Crippen molar-refractivity contribution in [2.24, 2.45) is 0 Å². The minimum atomic E-state index is -0.852. The molecule has 2 aliphatic rings. The molecule has 2 rings (SSSR count). The molecule has 0 aromatic heterocycles. The van der Waals surface area contributed by atoms with E-state index in [0.717, 1.165) is 19.6 Å². The topological polar surface area (TPSA) is 76.0 Å². The zero-order valence-corrected chi connectivity index (χ0v) is 9.30. The lowest BCUT2D eigenvalue weighted by Crippen LogP contribution is -2.65. The van der Waals surface area contributed by atoms with E-state index in [9.17, 15) is 4.79 Å². The molecule has 16 heavy (non-hydrogen) atoms. The Labute approximate surface area is 94.8 Å². The van der Waals surface area contributed by atoms with Gasteiger partial charge in [0.2, 0.25) is 0 Å². The summed E-state index contributed by atoms with van der Waals surface area (Å²) in [5.41, 5.74) is 0. The van der Waals surface area contributed by atoms with Crippen molar-refractivity contribution in [2.45, 2.75) is 18.5 Å². The van der Waals surface area contributed by atoms with Gasteiger partial charge in [0.05, 0.1) is 0 Å². The summed E-state index contributed by atoms with van der Waals surface area (Å²) in [6.45, 7) is 3.96. The average molecular weight is 229 g/mol. The first-order valence-electron chi connectivity index (χ1n) is 5.77.